The molecule has 2 aromatic carbocycles. The first-order chi connectivity index (χ1) is 18.7. The van der Waals surface area contributed by atoms with Crippen molar-refractivity contribution in [2.24, 2.45) is 0 Å². The molecule has 4 rings (SSSR count). The van der Waals surface area contributed by atoms with E-state index in [2.05, 4.69) is 5.32 Å². The summed E-state index contributed by atoms with van der Waals surface area (Å²) < 4.78 is 5.48. The number of aromatic nitrogens is 1. The van der Waals surface area contributed by atoms with E-state index in [-0.39, 0.29) is 22.6 Å². The highest BCUT2D eigenvalue weighted by Gasteiger charge is 2.29. The normalized spacial score (nSPS) is 11.1. The van der Waals surface area contributed by atoms with E-state index in [1.54, 1.807) is 37.8 Å². The van der Waals surface area contributed by atoms with Crippen LogP contribution in [0.3, 0.4) is 0 Å². The van der Waals surface area contributed by atoms with Crippen molar-refractivity contribution in [1.82, 2.24) is 9.88 Å². The standard InChI is InChI=1S/C30H30ClN3O4S/c1-6-34(7-2)29(36)26-18(5)25(30(37)38-17(3)4)28(39-26)33-27(35)21-16-24(20-13-8-10-14-22(20)31)32-23-15-11-9-12-19(21)23/h8-17H,6-7H2,1-5H3,(H,33,35). The number of amides is 2. The molecular weight excluding hydrogens is 534 g/mol. The number of carbonyl (C=O) groups is 3. The average molecular weight is 564 g/mol. The number of fused-ring (bicyclic) bond motifs is 1. The van der Waals surface area contributed by atoms with Crippen LogP contribution in [0.15, 0.2) is 54.6 Å². The highest BCUT2D eigenvalue weighted by atomic mass is 35.5. The number of hydrogen-bond donors (Lipinski definition) is 1. The Morgan fingerprint density at radius 2 is 1.72 bits per heavy atom. The maximum Gasteiger partial charge on any atom is 0.341 e. The Balaban J connectivity index is 1.82. The van der Waals surface area contributed by atoms with Gasteiger partial charge in [-0.1, -0.05) is 48.0 Å². The summed E-state index contributed by atoms with van der Waals surface area (Å²) in [7, 11) is 0. The molecule has 0 bridgehead atoms. The Kier molecular flexibility index (Phi) is 8.67. The van der Waals surface area contributed by atoms with Crippen molar-refractivity contribution in [3.05, 3.63) is 81.2 Å². The molecule has 0 fully saturated rings. The van der Waals surface area contributed by atoms with E-state index in [1.165, 1.54) is 0 Å². The molecule has 2 heterocycles. The van der Waals surface area contributed by atoms with Gasteiger partial charge in [-0.3, -0.25) is 9.59 Å². The van der Waals surface area contributed by atoms with Crippen LogP contribution in [0, 0.1) is 6.92 Å². The number of nitrogens with zero attached hydrogens (tertiary/aromatic N) is 2. The van der Waals surface area contributed by atoms with Crippen molar-refractivity contribution in [2.45, 2.75) is 40.7 Å². The zero-order chi connectivity index (χ0) is 28.3. The molecule has 0 atom stereocenters. The monoisotopic (exact) mass is 563 g/mol. The van der Waals surface area contributed by atoms with E-state index in [4.69, 9.17) is 21.3 Å². The minimum atomic E-state index is -0.594. The number of benzene rings is 2. The zero-order valence-electron chi connectivity index (χ0n) is 22.5. The molecule has 0 spiro atoms. The van der Waals surface area contributed by atoms with Crippen LogP contribution in [-0.2, 0) is 4.74 Å². The summed E-state index contributed by atoms with van der Waals surface area (Å²) in [6.45, 7) is 10.0. The van der Waals surface area contributed by atoms with Crippen LogP contribution in [-0.4, -0.2) is 46.9 Å². The second kappa shape index (κ2) is 12.0. The zero-order valence-corrected chi connectivity index (χ0v) is 24.1. The minimum absolute atomic E-state index is 0.183. The maximum atomic E-state index is 13.8. The number of halogens is 1. The lowest BCUT2D eigenvalue weighted by atomic mass is 10.0. The van der Waals surface area contributed by atoms with Crippen molar-refractivity contribution in [2.75, 3.05) is 18.4 Å². The molecule has 0 aliphatic rings. The van der Waals surface area contributed by atoms with Gasteiger partial charge in [0.25, 0.3) is 11.8 Å². The van der Waals surface area contributed by atoms with Crippen LogP contribution in [0.5, 0.6) is 0 Å². The third-order valence-corrected chi connectivity index (χ3v) is 7.80. The molecule has 4 aromatic rings. The van der Waals surface area contributed by atoms with Crippen LogP contribution in [0.1, 0.15) is 63.6 Å². The van der Waals surface area contributed by atoms with Gasteiger partial charge in [0, 0.05) is 29.1 Å². The topological polar surface area (TPSA) is 88.6 Å². The van der Waals surface area contributed by atoms with Gasteiger partial charge in [0.05, 0.1) is 33.3 Å². The lowest BCUT2D eigenvalue weighted by Crippen LogP contribution is -2.30. The third-order valence-electron chi connectivity index (χ3n) is 6.28. The van der Waals surface area contributed by atoms with Gasteiger partial charge in [0.2, 0.25) is 0 Å². The molecule has 0 saturated carbocycles. The fourth-order valence-electron chi connectivity index (χ4n) is 4.32. The number of ether oxygens (including phenoxy) is 1. The van der Waals surface area contributed by atoms with Crippen molar-refractivity contribution >= 4 is 56.6 Å². The number of pyridine rings is 1. The Morgan fingerprint density at radius 3 is 2.38 bits per heavy atom. The Bertz CT molecular complexity index is 1560. The summed E-state index contributed by atoms with van der Waals surface area (Å²) >= 11 is 7.52. The first-order valence-corrected chi connectivity index (χ1v) is 13.9. The fourth-order valence-corrected chi connectivity index (χ4v) is 5.71. The number of rotatable bonds is 8. The first kappa shape index (κ1) is 28.3. The van der Waals surface area contributed by atoms with Gasteiger partial charge in [-0.25, -0.2) is 9.78 Å². The van der Waals surface area contributed by atoms with Crippen molar-refractivity contribution in [3.63, 3.8) is 0 Å². The number of carbonyl (C=O) groups excluding carboxylic acids is 3. The number of thiophene rings is 1. The van der Waals surface area contributed by atoms with E-state index in [1.807, 2.05) is 56.3 Å². The summed E-state index contributed by atoms with van der Waals surface area (Å²) in [5, 5.41) is 4.32. The van der Waals surface area contributed by atoms with Crippen LogP contribution in [0.25, 0.3) is 22.2 Å². The highest BCUT2D eigenvalue weighted by molar-refractivity contribution is 7.18. The molecule has 0 unspecified atom stereocenters. The average Bonchev–Trinajstić information content (AvgIpc) is 3.23. The predicted molar refractivity (Wildman–Crippen MR) is 157 cm³/mol. The van der Waals surface area contributed by atoms with Crippen molar-refractivity contribution in [3.8, 4) is 11.3 Å². The van der Waals surface area contributed by atoms with E-state index < -0.39 is 11.9 Å². The number of para-hydroxylation sites is 1. The fraction of sp³-hybridized carbons (Fsp3) is 0.267. The molecule has 0 aliphatic carbocycles. The number of esters is 1. The smallest absolute Gasteiger partial charge is 0.341 e. The van der Waals surface area contributed by atoms with Crippen LogP contribution in [0.4, 0.5) is 5.00 Å². The van der Waals surface area contributed by atoms with Gasteiger partial charge in [0.15, 0.2) is 0 Å². The van der Waals surface area contributed by atoms with Gasteiger partial charge in [-0.05, 0) is 58.4 Å². The molecule has 39 heavy (non-hydrogen) atoms. The Morgan fingerprint density at radius 1 is 1.05 bits per heavy atom. The van der Waals surface area contributed by atoms with E-state index in [0.29, 0.717) is 56.3 Å². The number of hydrogen-bond acceptors (Lipinski definition) is 6. The summed E-state index contributed by atoms with van der Waals surface area (Å²) in [5.41, 5.74) is 2.89. The third kappa shape index (κ3) is 5.82. The van der Waals surface area contributed by atoms with E-state index in [0.717, 1.165) is 11.3 Å². The number of anilines is 1. The van der Waals surface area contributed by atoms with E-state index in [9.17, 15) is 14.4 Å². The molecule has 0 radical (unpaired) electrons. The predicted octanol–water partition coefficient (Wildman–Crippen LogP) is 7.22. The lowest BCUT2D eigenvalue weighted by Gasteiger charge is -2.18. The molecule has 2 amide bonds. The summed E-state index contributed by atoms with van der Waals surface area (Å²) in [4.78, 5) is 47.0. The summed E-state index contributed by atoms with van der Waals surface area (Å²) in [6, 6.07) is 16.3. The summed E-state index contributed by atoms with van der Waals surface area (Å²) in [5.74, 6) is -1.23. The van der Waals surface area contributed by atoms with Crippen molar-refractivity contribution < 1.29 is 19.1 Å². The highest BCUT2D eigenvalue weighted by Crippen LogP contribution is 2.36. The molecule has 9 heteroatoms. The largest absolute Gasteiger partial charge is 0.459 e. The SMILES string of the molecule is CCN(CC)C(=O)c1sc(NC(=O)c2cc(-c3ccccc3Cl)nc3ccccc23)c(C(=O)OC(C)C)c1C. The van der Waals surface area contributed by atoms with Gasteiger partial charge in [-0.15, -0.1) is 11.3 Å². The second-order valence-corrected chi connectivity index (χ2v) is 10.6. The van der Waals surface area contributed by atoms with Crippen LogP contribution >= 0.6 is 22.9 Å². The van der Waals surface area contributed by atoms with Gasteiger partial charge >= 0.3 is 5.97 Å². The maximum absolute atomic E-state index is 13.8. The second-order valence-electron chi connectivity index (χ2n) is 9.20. The Hall–Kier alpha value is -3.75. The molecule has 0 aliphatic heterocycles. The summed E-state index contributed by atoms with van der Waals surface area (Å²) in [6.07, 6.45) is -0.371. The van der Waals surface area contributed by atoms with Crippen LogP contribution < -0.4 is 5.32 Å². The molecule has 0 saturated heterocycles. The number of nitrogens with one attached hydrogen (secondary N) is 1. The minimum Gasteiger partial charge on any atom is -0.459 e. The van der Waals surface area contributed by atoms with Crippen molar-refractivity contribution in [1.29, 1.82) is 0 Å². The van der Waals surface area contributed by atoms with Gasteiger partial charge in [-0.2, -0.15) is 0 Å². The van der Waals surface area contributed by atoms with Gasteiger partial charge in [0.1, 0.15) is 5.00 Å². The van der Waals surface area contributed by atoms with Gasteiger partial charge < -0.3 is 15.0 Å². The van der Waals surface area contributed by atoms with Crippen LogP contribution in [0.2, 0.25) is 5.02 Å². The molecule has 2 aromatic heterocycles. The Labute approximate surface area is 236 Å². The van der Waals surface area contributed by atoms with E-state index >= 15 is 0 Å². The molecule has 202 valence electrons. The lowest BCUT2D eigenvalue weighted by molar-refractivity contribution is 0.0379. The quantitative estimate of drug-likeness (QED) is 0.228. The molecule has 1 N–H and O–H groups in total. The molecular formula is C30H30ClN3O4S. The molecule has 7 nitrogen and oxygen atoms in total. The first-order valence-electron chi connectivity index (χ1n) is 12.8.